The second-order valence-electron chi connectivity index (χ2n) is 5.89. The zero-order valence-electron chi connectivity index (χ0n) is 13.8. The van der Waals surface area contributed by atoms with Crippen molar-refractivity contribution in [1.29, 1.82) is 0 Å². The van der Waals surface area contributed by atoms with Crippen molar-refractivity contribution in [2.75, 3.05) is 49.2 Å². The van der Waals surface area contributed by atoms with Gasteiger partial charge in [0.15, 0.2) is 11.6 Å². The van der Waals surface area contributed by atoms with Crippen molar-refractivity contribution in [3.05, 3.63) is 36.2 Å². The Morgan fingerprint density at radius 2 is 1.87 bits per heavy atom. The molecule has 1 fully saturated rings. The van der Waals surface area contributed by atoms with E-state index in [1.165, 1.54) is 5.56 Å². The van der Waals surface area contributed by atoms with Gasteiger partial charge in [-0.25, -0.2) is 9.97 Å². The summed E-state index contributed by atoms with van der Waals surface area (Å²) < 4.78 is 0. The number of rotatable bonds is 4. The molecule has 0 saturated carbocycles. The maximum Gasteiger partial charge on any atom is 0.159 e. The molecule has 1 aromatic heterocycles. The summed E-state index contributed by atoms with van der Waals surface area (Å²) in [5, 5.41) is 3.37. The summed E-state index contributed by atoms with van der Waals surface area (Å²) in [7, 11) is 2.13. The molecule has 3 rings (SSSR count). The number of hydrogen-bond donors (Lipinski definition) is 2. The summed E-state index contributed by atoms with van der Waals surface area (Å²) in [5.41, 5.74) is 9.25. The topological polar surface area (TPSA) is 70.3 Å². The lowest BCUT2D eigenvalue weighted by Crippen LogP contribution is -2.45. The van der Waals surface area contributed by atoms with Crippen molar-refractivity contribution in [3.8, 4) is 0 Å². The third kappa shape index (κ3) is 3.37. The van der Waals surface area contributed by atoms with E-state index in [9.17, 15) is 0 Å². The number of benzene rings is 1. The molecule has 1 aliphatic heterocycles. The number of nitrogens with two attached hydrogens (primary N) is 1. The van der Waals surface area contributed by atoms with Gasteiger partial charge >= 0.3 is 0 Å². The number of piperazine rings is 1. The minimum absolute atomic E-state index is 0.614. The molecule has 23 heavy (non-hydrogen) atoms. The Labute approximate surface area is 137 Å². The third-order valence-electron chi connectivity index (χ3n) is 4.32. The quantitative estimate of drug-likeness (QED) is 0.901. The molecule has 0 aliphatic carbocycles. The van der Waals surface area contributed by atoms with Gasteiger partial charge < -0.3 is 20.9 Å². The highest BCUT2D eigenvalue weighted by molar-refractivity contribution is 5.79. The third-order valence-corrected chi connectivity index (χ3v) is 4.32. The molecule has 1 saturated heterocycles. The summed E-state index contributed by atoms with van der Waals surface area (Å²) in [6.45, 7) is 6.04. The van der Waals surface area contributed by atoms with E-state index >= 15 is 0 Å². The maximum atomic E-state index is 6.35. The number of likely N-dealkylation sites (N-methyl/N-ethyl adjacent to an activating group) is 1. The molecule has 1 aromatic carbocycles. The predicted molar refractivity (Wildman–Crippen MR) is 95.3 cm³/mol. The Balaban J connectivity index is 1.85. The Kier molecular flexibility index (Phi) is 4.62. The predicted octanol–water partition coefficient (Wildman–Crippen LogP) is 2.12. The summed E-state index contributed by atoms with van der Waals surface area (Å²) in [4.78, 5) is 13.3. The Hall–Kier alpha value is -2.34. The van der Waals surface area contributed by atoms with Crippen LogP contribution in [0.25, 0.3) is 0 Å². The molecule has 0 spiro atoms. The fraction of sp³-hybridized carbons (Fsp3) is 0.412. The van der Waals surface area contributed by atoms with Crippen LogP contribution in [0.3, 0.4) is 0 Å². The number of para-hydroxylation sites is 1. The first-order valence-corrected chi connectivity index (χ1v) is 8.08. The minimum atomic E-state index is 0.614. The largest absolute Gasteiger partial charge is 0.393 e. The van der Waals surface area contributed by atoms with Crippen molar-refractivity contribution in [2.45, 2.75) is 13.3 Å². The first kappa shape index (κ1) is 15.6. The summed E-state index contributed by atoms with van der Waals surface area (Å²) in [6, 6.07) is 8.22. The fourth-order valence-electron chi connectivity index (χ4n) is 2.83. The standard InChI is InChI=1S/C17H24N6/c1-3-13-6-4-5-7-14(13)21-16-15(18)17(20-12-19-16)23-10-8-22(2)9-11-23/h4-7,12H,3,8-11,18H2,1-2H3,(H,19,20,21). The van der Waals surface area contributed by atoms with E-state index in [-0.39, 0.29) is 0 Å². The lowest BCUT2D eigenvalue weighted by molar-refractivity contribution is 0.312. The van der Waals surface area contributed by atoms with E-state index in [0.717, 1.165) is 44.1 Å². The molecule has 0 radical (unpaired) electrons. The average Bonchev–Trinajstić information content (AvgIpc) is 2.58. The monoisotopic (exact) mass is 312 g/mol. The summed E-state index contributed by atoms with van der Waals surface area (Å²) in [6.07, 6.45) is 2.54. The highest BCUT2D eigenvalue weighted by Gasteiger charge is 2.19. The van der Waals surface area contributed by atoms with Crippen LogP contribution in [-0.2, 0) is 6.42 Å². The number of aryl methyl sites for hydroxylation is 1. The number of nitrogens with one attached hydrogen (secondary N) is 1. The molecule has 6 nitrogen and oxygen atoms in total. The molecule has 3 N–H and O–H groups in total. The van der Waals surface area contributed by atoms with Gasteiger partial charge in [0.2, 0.25) is 0 Å². The van der Waals surface area contributed by atoms with Gasteiger partial charge in [0, 0.05) is 31.9 Å². The van der Waals surface area contributed by atoms with Gasteiger partial charge in [0.1, 0.15) is 12.0 Å². The van der Waals surface area contributed by atoms with Gasteiger partial charge in [-0.15, -0.1) is 0 Å². The van der Waals surface area contributed by atoms with Crippen LogP contribution in [0, 0.1) is 0 Å². The van der Waals surface area contributed by atoms with E-state index < -0.39 is 0 Å². The number of nitrogen functional groups attached to an aromatic ring is 1. The van der Waals surface area contributed by atoms with Gasteiger partial charge in [-0.05, 0) is 25.1 Å². The normalized spacial score (nSPS) is 15.7. The summed E-state index contributed by atoms with van der Waals surface area (Å²) in [5.74, 6) is 1.50. The van der Waals surface area contributed by atoms with Gasteiger partial charge in [-0.1, -0.05) is 25.1 Å². The first-order valence-electron chi connectivity index (χ1n) is 8.08. The van der Waals surface area contributed by atoms with Crippen LogP contribution in [0.15, 0.2) is 30.6 Å². The van der Waals surface area contributed by atoms with Gasteiger partial charge in [0.05, 0.1) is 0 Å². The Morgan fingerprint density at radius 3 is 2.61 bits per heavy atom. The molecule has 1 aliphatic rings. The average molecular weight is 312 g/mol. The SMILES string of the molecule is CCc1ccccc1Nc1ncnc(N2CCN(C)CC2)c1N. The lowest BCUT2D eigenvalue weighted by atomic mass is 10.1. The van der Waals surface area contributed by atoms with Gasteiger partial charge in [-0.2, -0.15) is 0 Å². The highest BCUT2D eigenvalue weighted by atomic mass is 15.3. The van der Waals surface area contributed by atoms with E-state index in [0.29, 0.717) is 11.5 Å². The Morgan fingerprint density at radius 1 is 1.13 bits per heavy atom. The van der Waals surface area contributed by atoms with Crippen LogP contribution in [0.5, 0.6) is 0 Å². The van der Waals surface area contributed by atoms with Crippen molar-refractivity contribution in [3.63, 3.8) is 0 Å². The van der Waals surface area contributed by atoms with Crippen LogP contribution < -0.4 is 16.0 Å². The number of nitrogens with zero attached hydrogens (tertiary/aromatic N) is 4. The van der Waals surface area contributed by atoms with Crippen molar-refractivity contribution >= 4 is 23.0 Å². The van der Waals surface area contributed by atoms with Gasteiger partial charge in [-0.3, -0.25) is 0 Å². The van der Waals surface area contributed by atoms with E-state index in [1.54, 1.807) is 6.33 Å². The number of aromatic nitrogens is 2. The van der Waals surface area contributed by atoms with E-state index in [4.69, 9.17) is 5.73 Å². The lowest BCUT2D eigenvalue weighted by Gasteiger charge is -2.33. The van der Waals surface area contributed by atoms with Crippen LogP contribution in [-0.4, -0.2) is 48.1 Å². The molecule has 0 bridgehead atoms. The van der Waals surface area contributed by atoms with Crippen LogP contribution in [0.1, 0.15) is 12.5 Å². The van der Waals surface area contributed by atoms with Crippen LogP contribution in [0.2, 0.25) is 0 Å². The molecule has 0 amide bonds. The van der Waals surface area contributed by atoms with Crippen molar-refractivity contribution < 1.29 is 0 Å². The molecule has 2 heterocycles. The Bertz CT molecular complexity index is 664. The molecule has 0 unspecified atom stereocenters. The molecule has 0 atom stereocenters. The van der Waals surface area contributed by atoms with Crippen molar-refractivity contribution in [1.82, 2.24) is 14.9 Å². The second-order valence-corrected chi connectivity index (χ2v) is 5.89. The van der Waals surface area contributed by atoms with Crippen LogP contribution in [0.4, 0.5) is 23.0 Å². The van der Waals surface area contributed by atoms with Crippen molar-refractivity contribution in [2.24, 2.45) is 0 Å². The van der Waals surface area contributed by atoms with Gasteiger partial charge in [0.25, 0.3) is 0 Å². The molecular formula is C17H24N6. The maximum absolute atomic E-state index is 6.35. The smallest absolute Gasteiger partial charge is 0.159 e. The first-order chi connectivity index (χ1) is 11.2. The van der Waals surface area contributed by atoms with E-state index in [1.807, 2.05) is 12.1 Å². The zero-order chi connectivity index (χ0) is 16.2. The molecule has 122 valence electrons. The molecule has 2 aromatic rings. The number of hydrogen-bond acceptors (Lipinski definition) is 6. The van der Waals surface area contributed by atoms with E-state index in [2.05, 4.69) is 51.2 Å². The number of anilines is 4. The second kappa shape index (κ2) is 6.83. The van der Waals surface area contributed by atoms with Crippen LogP contribution >= 0.6 is 0 Å². The fourth-order valence-corrected chi connectivity index (χ4v) is 2.83. The summed E-state index contributed by atoms with van der Waals surface area (Å²) >= 11 is 0. The zero-order valence-corrected chi connectivity index (χ0v) is 13.8. The molecule has 6 heteroatoms. The minimum Gasteiger partial charge on any atom is -0.393 e. The highest BCUT2D eigenvalue weighted by Crippen LogP contribution is 2.30. The molecular weight excluding hydrogens is 288 g/mol.